The quantitative estimate of drug-likeness (QED) is 0.817. The molecule has 1 spiro atoms. The van der Waals surface area contributed by atoms with Crippen molar-refractivity contribution < 1.29 is 18.8 Å². The van der Waals surface area contributed by atoms with E-state index in [0.29, 0.717) is 12.8 Å². The van der Waals surface area contributed by atoms with Crippen molar-refractivity contribution in [3.05, 3.63) is 29.0 Å². The Balaban J connectivity index is 1.58. The number of nitrogens with zero attached hydrogens (tertiary/aromatic N) is 1. The van der Waals surface area contributed by atoms with Gasteiger partial charge in [0.2, 0.25) is 5.91 Å². The number of carbonyl (C=O) groups excluding carboxylic acids is 3. The van der Waals surface area contributed by atoms with Gasteiger partial charge in [-0.25, -0.2) is 9.18 Å². The second kappa shape index (κ2) is 6.39. The SMILES string of the molecule is O=C(CCN1C(=O)NC2(CCCC2)C1=O)Nc1ccc(Cl)cc1F. The van der Waals surface area contributed by atoms with Crippen molar-refractivity contribution in [2.75, 3.05) is 11.9 Å². The summed E-state index contributed by atoms with van der Waals surface area (Å²) in [5, 5.41) is 5.39. The molecule has 0 bridgehead atoms. The van der Waals surface area contributed by atoms with E-state index < -0.39 is 23.3 Å². The zero-order chi connectivity index (χ0) is 17.3. The van der Waals surface area contributed by atoms with Crippen LogP contribution in [0.2, 0.25) is 5.02 Å². The summed E-state index contributed by atoms with van der Waals surface area (Å²) in [4.78, 5) is 37.5. The van der Waals surface area contributed by atoms with Crippen LogP contribution in [0.5, 0.6) is 0 Å². The van der Waals surface area contributed by atoms with Gasteiger partial charge in [0, 0.05) is 18.0 Å². The summed E-state index contributed by atoms with van der Waals surface area (Å²) >= 11 is 5.65. The first-order valence-electron chi connectivity index (χ1n) is 7.80. The first kappa shape index (κ1) is 16.7. The Bertz CT molecular complexity index is 704. The van der Waals surface area contributed by atoms with Crippen LogP contribution in [0, 0.1) is 5.82 Å². The molecule has 1 aliphatic carbocycles. The molecular weight excluding hydrogens is 337 g/mol. The van der Waals surface area contributed by atoms with Gasteiger partial charge in [-0.2, -0.15) is 0 Å². The molecule has 6 nitrogen and oxygen atoms in total. The number of anilines is 1. The smallest absolute Gasteiger partial charge is 0.324 e. The van der Waals surface area contributed by atoms with Crippen molar-refractivity contribution in [1.82, 2.24) is 10.2 Å². The molecule has 0 radical (unpaired) electrons. The molecule has 1 saturated heterocycles. The monoisotopic (exact) mass is 353 g/mol. The van der Waals surface area contributed by atoms with Crippen LogP contribution < -0.4 is 10.6 Å². The van der Waals surface area contributed by atoms with Crippen LogP contribution in [0.25, 0.3) is 0 Å². The number of imide groups is 1. The fraction of sp³-hybridized carbons (Fsp3) is 0.438. The lowest BCUT2D eigenvalue weighted by Crippen LogP contribution is -2.44. The minimum absolute atomic E-state index is 0.00821. The molecule has 24 heavy (non-hydrogen) atoms. The first-order valence-corrected chi connectivity index (χ1v) is 8.18. The summed E-state index contributed by atoms with van der Waals surface area (Å²) in [7, 11) is 0. The predicted molar refractivity (Wildman–Crippen MR) is 86.1 cm³/mol. The molecule has 1 aromatic rings. The third-order valence-corrected chi connectivity index (χ3v) is 4.71. The van der Waals surface area contributed by atoms with Crippen molar-refractivity contribution in [3.8, 4) is 0 Å². The maximum absolute atomic E-state index is 13.6. The molecular formula is C16H17ClFN3O3. The Labute approximate surface area is 143 Å². The van der Waals surface area contributed by atoms with E-state index in [4.69, 9.17) is 11.6 Å². The summed E-state index contributed by atoms with van der Waals surface area (Å²) in [6.07, 6.45) is 2.97. The average molecular weight is 354 g/mol. The number of benzene rings is 1. The van der Waals surface area contributed by atoms with Crippen molar-refractivity contribution in [2.24, 2.45) is 0 Å². The zero-order valence-corrected chi connectivity index (χ0v) is 13.7. The normalized spacial score (nSPS) is 19.0. The van der Waals surface area contributed by atoms with Gasteiger partial charge >= 0.3 is 6.03 Å². The highest BCUT2D eigenvalue weighted by atomic mass is 35.5. The minimum Gasteiger partial charge on any atom is -0.324 e. The van der Waals surface area contributed by atoms with Crippen LogP contribution in [0.3, 0.4) is 0 Å². The summed E-state index contributed by atoms with van der Waals surface area (Å²) in [5.41, 5.74) is -0.774. The van der Waals surface area contributed by atoms with E-state index in [9.17, 15) is 18.8 Å². The third kappa shape index (κ3) is 3.08. The molecule has 2 fully saturated rings. The molecule has 0 unspecified atom stereocenters. The molecule has 4 amide bonds. The van der Waals surface area contributed by atoms with E-state index in [-0.39, 0.29) is 29.6 Å². The number of rotatable bonds is 4. The van der Waals surface area contributed by atoms with Gasteiger partial charge < -0.3 is 10.6 Å². The van der Waals surface area contributed by atoms with Gasteiger partial charge in [-0.05, 0) is 31.0 Å². The lowest BCUT2D eigenvalue weighted by molar-refractivity contribution is -0.131. The second-order valence-electron chi connectivity index (χ2n) is 6.10. The van der Waals surface area contributed by atoms with E-state index in [1.165, 1.54) is 12.1 Å². The van der Waals surface area contributed by atoms with Crippen LogP contribution in [0.15, 0.2) is 18.2 Å². The van der Waals surface area contributed by atoms with E-state index in [0.717, 1.165) is 23.8 Å². The summed E-state index contributed by atoms with van der Waals surface area (Å²) in [6, 6.07) is 3.45. The number of halogens is 2. The van der Waals surface area contributed by atoms with Crippen molar-refractivity contribution in [2.45, 2.75) is 37.6 Å². The van der Waals surface area contributed by atoms with Gasteiger partial charge in [0.05, 0.1) is 5.69 Å². The lowest BCUT2D eigenvalue weighted by atomic mass is 9.98. The molecule has 1 saturated carbocycles. The third-order valence-electron chi connectivity index (χ3n) is 4.47. The zero-order valence-electron chi connectivity index (χ0n) is 12.9. The van der Waals surface area contributed by atoms with E-state index in [1.54, 1.807) is 0 Å². The number of hydrogen-bond donors (Lipinski definition) is 2. The van der Waals surface area contributed by atoms with Crippen molar-refractivity contribution in [3.63, 3.8) is 0 Å². The Morgan fingerprint density at radius 3 is 2.71 bits per heavy atom. The Kier molecular flexibility index (Phi) is 4.45. The van der Waals surface area contributed by atoms with Crippen molar-refractivity contribution >= 4 is 35.1 Å². The van der Waals surface area contributed by atoms with Gasteiger partial charge in [0.1, 0.15) is 11.4 Å². The predicted octanol–water partition coefficient (Wildman–Crippen LogP) is 2.67. The van der Waals surface area contributed by atoms with E-state index in [2.05, 4.69) is 10.6 Å². The lowest BCUT2D eigenvalue weighted by Gasteiger charge is -2.19. The molecule has 0 aromatic heterocycles. The number of carbonyl (C=O) groups is 3. The van der Waals surface area contributed by atoms with E-state index >= 15 is 0 Å². The van der Waals surface area contributed by atoms with Gasteiger partial charge in [0.15, 0.2) is 0 Å². The van der Waals surface area contributed by atoms with Crippen LogP contribution in [0.4, 0.5) is 14.9 Å². The van der Waals surface area contributed by atoms with Crippen LogP contribution in [-0.2, 0) is 9.59 Å². The summed E-state index contributed by atoms with van der Waals surface area (Å²) < 4.78 is 13.6. The molecule has 1 heterocycles. The van der Waals surface area contributed by atoms with Crippen LogP contribution in [0.1, 0.15) is 32.1 Å². The van der Waals surface area contributed by atoms with Gasteiger partial charge in [-0.15, -0.1) is 0 Å². The maximum atomic E-state index is 13.6. The first-order chi connectivity index (χ1) is 11.4. The molecule has 8 heteroatoms. The summed E-state index contributed by atoms with van der Waals surface area (Å²) in [6.45, 7) is -0.0343. The fourth-order valence-electron chi connectivity index (χ4n) is 3.21. The highest BCUT2D eigenvalue weighted by molar-refractivity contribution is 6.30. The van der Waals surface area contributed by atoms with Crippen molar-refractivity contribution in [1.29, 1.82) is 0 Å². The van der Waals surface area contributed by atoms with Crippen LogP contribution >= 0.6 is 11.6 Å². The maximum Gasteiger partial charge on any atom is 0.325 e. The minimum atomic E-state index is -0.782. The molecule has 3 rings (SSSR count). The Morgan fingerprint density at radius 1 is 1.33 bits per heavy atom. The average Bonchev–Trinajstić information content (AvgIpc) is 3.07. The molecule has 1 aliphatic heterocycles. The van der Waals surface area contributed by atoms with Gasteiger partial charge in [-0.1, -0.05) is 24.4 Å². The van der Waals surface area contributed by atoms with Gasteiger partial charge in [0.25, 0.3) is 5.91 Å². The number of nitrogens with one attached hydrogen (secondary N) is 2. The Hall–Kier alpha value is -2.15. The largest absolute Gasteiger partial charge is 0.325 e. The molecule has 2 aliphatic rings. The van der Waals surface area contributed by atoms with Crippen LogP contribution in [-0.4, -0.2) is 34.8 Å². The highest BCUT2D eigenvalue weighted by Gasteiger charge is 2.52. The molecule has 128 valence electrons. The second-order valence-corrected chi connectivity index (χ2v) is 6.53. The molecule has 2 N–H and O–H groups in total. The molecule has 1 aromatic carbocycles. The topological polar surface area (TPSA) is 78.5 Å². The highest BCUT2D eigenvalue weighted by Crippen LogP contribution is 2.35. The molecule has 0 atom stereocenters. The standard InChI is InChI=1S/C16H17ClFN3O3/c17-10-3-4-12(11(18)9-10)19-13(22)5-8-21-14(23)16(20-15(21)24)6-1-2-7-16/h3-4,9H,1-2,5-8H2,(H,19,22)(H,20,24). The van der Waals surface area contributed by atoms with Gasteiger partial charge in [-0.3, -0.25) is 14.5 Å². The summed E-state index contributed by atoms with van der Waals surface area (Å²) in [5.74, 6) is -1.39. The Morgan fingerprint density at radius 2 is 2.04 bits per heavy atom. The number of urea groups is 1. The fourth-order valence-corrected chi connectivity index (χ4v) is 3.37. The number of hydrogen-bond acceptors (Lipinski definition) is 3. The number of amides is 4. The van der Waals surface area contributed by atoms with E-state index in [1.807, 2.05) is 0 Å².